The van der Waals surface area contributed by atoms with Gasteiger partial charge in [-0.3, -0.25) is 0 Å². The van der Waals surface area contributed by atoms with Gasteiger partial charge in [0.1, 0.15) is 0 Å². The highest BCUT2D eigenvalue weighted by atomic mass is 79.9. The van der Waals surface area contributed by atoms with Crippen LogP contribution in [0.15, 0.2) is 16.7 Å². The first kappa shape index (κ1) is 10.4. The Balaban J connectivity index is 3.01. The molecule has 0 saturated carbocycles. The Bertz CT molecular complexity index is 302. The third-order valence-corrected chi connectivity index (χ3v) is 2.33. The molecule has 2 nitrogen and oxygen atoms in total. The number of aromatic nitrogens is 1. The number of anilines is 1. The van der Waals surface area contributed by atoms with Crippen LogP contribution in [0.5, 0.6) is 0 Å². The van der Waals surface area contributed by atoms with Gasteiger partial charge in [-0.1, -0.05) is 0 Å². The predicted octanol–water partition coefficient (Wildman–Crippen LogP) is 2.83. The first-order valence-electron chi connectivity index (χ1n) is 4.06. The maximum absolute atomic E-state index is 13.3. The highest BCUT2D eigenvalue weighted by molar-refractivity contribution is 9.10. The summed E-state index contributed by atoms with van der Waals surface area (Å²) >= 11 is 3.16. The van der Waals surface area contributed by atoms with Crippen LogP contribution in [-0.4, -0.2) is 18.1 Å². The molecule has 1 aromatic heterocycles. The first-order valence-corrected chi connectivity index (χ1v) is 4.85. The Labute approximate surface area is 85.9 Å². The van der Waals surface area contributed by atoms with Crippen LogP contribution in [0.3, 0.4) is 0 Å². The van der Waals surface area contributed by atoms with Crippen molar-refractivity contribution < 1.29 is 4.39 Å². The summed E-state index contributed by atoms with van der Waals surface area (Å²) in [5.41, 5.74) is 0. The molecule has 4 heteroatoms. The number of hydrogen-bond acceptors (Lipinski definition) is 2. The van der Waals surface area contributed by atoms with Crippen LogP contribution in [0.1, 0.15) is 13.8 Å². The van der Waals surface area contributed by atoms with E-state index in [1.807, 2.05) is 20.9 Å². The van der Waals surface area contributed by atoms with Crippen LogP contribution in [0.25, 0.3) is 0 Å². The molecular formula is C9H12BrFN2. The fourth-order valence-electron chi connectivity index (χ4n) is 0.911. The van der Waals surface area contributed by atoms with E-state index in [0.29, 0.717) is 10.3 Å². The van der Waals surface area contributed by atoms with Gasteiger partial charge >= 0.3 is 0 Å². The molecule has 0 unspecified atom stereocenters. The molecule has 0 atom stereocenters. The van der Waals surface area contributed by atoms with Crippen LogP contribution in [0.4, 0.5) is 10.2 Å². The Morgan fingerprint density at radius 1 is 1.54 bits per heavy atom. The van der Waals surface area contributed by atoms with Gasteiger partial charge in [-0.25, -0.2) is 9.37 Å². The van der Waals surface area contributed by atoms with Crippen molar-refractivity contribution in [1.29, 1.82) is 0 Å². The van der Waals surface area contributed by atoms with E-state index in [1.165, 1.54) is 6.07 Å². The summed E-state index contributed by atoms with van der Waals surface area (Å²) in [6.07, 6.45) is 1.59. The van der Waals surface area contributed by atoms with E-state index >= 15 is 0 Å². The van der Waals surface area contributed by atoms with Crippen LogP contribution in [0.2, 0.25) is 0 Å². The van der Waals surface area contributed by atoms with Crippen molar-refractivity contribution in [3.05, 3.63) is 22.6 Å². The molecule has 0 fully saturated rings. The van der Waals surface area contributed by atoms with Gasteiger partial charge in [0.15, 0.2) is 11.6 Å². The Hall–Kier alpha value is -0.640. The lowest BCUT2D eigenvalue weighted by atomic mass is 10.3. The van der Waals surface area contributed by atoms with Crippen molar-refractivity contribution in [3.8, 4) is 0 Å². The number of nitrogens with zero attached hydrogens (tertiary/aromatic N) is 2. The van der Waals surface area contributed by atoms with E-state index in [1.54, 1.807) is 11.1 Å². The topological polar surface area (TPSA) is 16.1 Å². The van der Waals surface area contributed by atoms with E-state index in [2.05, 4.69) is 20.9 Å². The van der Waals surface area contributed by atoms with Crippen molar-refractivity contribution in [3.63, 3.8) is 0 Å². The van der Waals surface area contributed by atoms with Crippen LogP contribution in [-0.2, 0) is 0 Å². The zero-order valence-electron chi connectivity index (χ0n) is 7.88. The first-order chi connectivity index (χ1) is 6.02. The van der Waals surface area contributed by atoms with E-state index in [9.17, 15) is 4.39 Å². The normalized spacial score (nSPS) is 10.6. The maximum Gasteiger partial charge on any atom is 0.166 e. The van der Waals surface area contributed by atoms with Crippen molar-refractivity contribution >= 4 is 21.7 Å². The third-order valence-electron chi connectivity index (χ3n) is 1.90. The molecule has 0 spiro atoms. The molecule has 0 N–H and O–H groups in total. The predicted molar refractivity (Wildman–Crippen MR) is 55.4 cm³/mol. The second-order valence-corrected chi connectivity index (χ2v) is 4.08. The minimum absolute atomic E-state index is 0.239. The average Bonchev–Trinajstić information content (AvgIpc) is 2.03. The summed E-state index contributed by atoms with van der Waals surface area (Å²) < 4.78 is 14.0. The molecule has 0 aliphatic rings. The summed E-state index contributed by atoms with van der Waals surface area (Å²) in [4.78, 5) is 5.80. The lowest BCUT2D eigenvalue weighted by molar-refractivity contribution is 0.604. The minimum atomic E-state index is -0.300. The Morgan fingerprint density at radius 2 is 2.15 bits per heavy atom. The van der Waals surface area contributed by atoms with Crippen LogP contribution in [0, 0.1) is 5.82 Å². The molecule has 0 radical (unpaired) electrons. The molecule has 0 aliphatic heterocycles. The molecule has 0 amide bonds. The van der Waals surface area contributed by atoms with E-state index in [-0.39, 0.29) is 11.9 Å². The van der Waals surface area contributed by atoms with Crippen molar-refractivity contribution in [2.45, 2.75) is 19.9 Å². The molecule has 0 bridgehead atoms. The van der Waals surface area contributed by atoms with Gasteiger partial charge in [0.05, 0.1) is 0 Å². The fraction of sp³-hybridized carbons (Fsp3) is 0.444. The average molecular weight is 247 g/mol. The Morgan fingerprint density at radius 3 is 2.62 bits per heavy atom. The van der Waals surface area contributed by atoms with Gasteiger partial charge in [0.25, 0.3) is 0 Å². The molecule has 0 aliphatic carbocycles. The van der Waals surface area contributed by atoms with Gasteiger partial charge in [0.2, 0.25) is 0 Å². The second kappa shape index (κ2) is 4.05. The van der Waals surface area contributed by atoms with Gasteiger partial charge < -0.3 is 4.90 Å². The van der Waals surface area contributed by atoms with Gasteiger partial charge in [-0.05, 0) is 35.8 Å². The number of rotatable bonds is 2. The zero-order chi connectivity index (χ0) is 10.0. The van der Waals surface area contributed by atoms with Crippen LogP contribution < -0.4 is 4.90 Å². The third kappa shape index (κ3) is 2.40. The SMILES string of the molecule is CC(C)N(C)c1ncc(Br)cc1F. The largest absolute Gasteiger partial charge is 0.355 e. The quantitative estimate of drug-likeness (QED) is 0.798. The molecule has 13 heavy (non-hydrogen) atoms. The molecule has 0 saturated heterocycles. The molecule has 1 aromatic rings. The zero-order valence-corrected chi connectivity index (χ0v) is 9.47. The monoisotopic (exact) mass is 246 g/mol. The van der Waals surface area contributed by atoms with E-state index in [0.717, 1.165) is 0 Å². The number of halogens is 2. The summed E-state index contributed by atoms with van der Waals surface area (Å²) in [7, 11) is 1.82. The van der Waals surface area contributed by atoms with Gasteiger partial charge in [-0.15, -0.1) is 0 Å². The Kier molecular flexibility index (Phi) is 3.25. The molecular weight excluding hydrogens is 235 g/mol. The fourth-order valence-corrected chi connectivity index (χ4v) is 1.21. The van der Waals surface area contributed by atoms with Gasteiger partial charge in [0, 0.05) is 23.8 Å². The van der Waals surface area contributed by atoms with Crippen molar-refractivity contribution in [1.82, 2.24) is 4.98 Å². The molecule has 0 aromatic carbocycles. The summed E-state index contributed by atoms with van der Waals surface area (Å²) in [5.74, 6) is 0.0868. The molecule has 72 valence electrons. The lowest BCUT2D eigenvalue weighted by Gasteiger charge is -2.22. The van der Waals surface area contributed by atoms with Crippen molar-refractivity contribution in [2.24, 2.45) is 0 Å². The van der Waals surface area contributed by atoms with Gasteiger partial charge in [-0.2, -0.15) is 0 Å². The van der Waals surface area contributed by atoms with Crippen LogP contribution >= 0.6 is 15.9 Å². The molecule has 1 rings (SSSR count). The highest BCUT2D eigenvalue weighted by Crippen LogP contribution is 2.20. The standard InChI is InChI=1S/C9H12BrFN2/c1-6(2)13(3)9-8(11)4-7(10)5-12-9/h4-6H,1-3H3. The summed E-state index contributed by atoms with van der Waals surface area (Å²) in [6.45, 7) is 3.98. The smallest absolute Gasteiger partial charge is 0.166 e. The highest BCUT2D eigenvalue weighted by Gasteiger charge is 2.11. The number of hydrogen-bond donors (Lipinski definition) is 0. The molecule has 1 heterocycles. The minimum Gasteiger partial charge on any atom is -0.355 e. The summed E-state index contributed by atoms with van der Waals surface area (Å²) in [5, 5.41) is 0. The second-order valence-electron chi connectivity index (χ2n) is 3.16. The number of pyridine rings is 1. The van der Waals surface area contributed by atoms with E-state index in [4.69, 9.17) is 0 Å². The van der Waals surface area contributed by atoms with E-state index < -0.39 is 0 Å². The maximum atomic E-state index is 13.3. The van der Waals surface area contributed by atoms with Crippen molar-refractivity contribution in [2.75, 3.05) is 11.9 Å². The summed E-state index contributed by atoms with van der Waals surface area (Å²) in [6, 6.07) is 1.66. The lowest BCUT2D eigenvalue weighted by Crippen LogP contribution is -2.27.